The van der Waals surface area contributed by atoms with Crippen molar-refractivity contribution < 1.29 is 12.8 Å². The van der Waals surface area contributed by atoms with Crippen molar-refractivity contribution in [2.75, 3.05) is 0 Å². The molecule has 0 aliphatic rings. The van der Waals surface area contributed by atoms with Gasteiger partial charge in [-0.2, -0.15) is 0 Å². The highest BCUT2D eigenvalue weighted by molar-refractivity contribution is 5.94. The van der Waals surface area contributed by atoms with Gasteiger partial charge in [0.05, 0.1) is 12.3 Å². The summed E-state index contributed by atoms with van der Waals surface area (Å²) < 4.78 is 51.6. The van der Waals surface area contributed by atoms with E-state index in [0.717, 1.165) is 38.7 Å². The van der Waals surface area contributed by atoms with Crippen LogP contribution in [0.4, 0.5) is 0 Å². The van der Waals surface area contributed by atoms with Crippen molar-refractivity contribution in [2.45, 2.75) is 67.1 Å². The third kappa shape index (κ3) is 4.10. The molecule has 2 aromatic carbocycles. The van der Waals surface area contributed by atoms with E-state index in [9.17, 15) is 0 Å². The van der Waals surface area contributed by atoms with Crippen LogP contribution in [0.1, 0.15) is 83.8 Å². The van der Waals surface area contributed by atoms with Gasteiger partial charge in [-0.1, -0.05) is 59.7 Å². The minimum absolute atomic E-state index is 0.0993. The van der Waals surface area contributed by atoms with E-state index in [2.05, 4.69) is 39.8 Å². The van der Waals surface area contributed by atoms with Crippen molar-refractivity contribution in [3.8, 4) is 11.3 Å². The fourth-order valence-corrected chi connectivity index (χ4v) is 4.65. The van der Waals surface area contributed by atoms with Gasteiger partial charge in [-0.3, -0.25) is 0 Å². The molecule has 1 unspecified atom stereocenters. The maximum Gasteiger partial charge on any atom is 0.220 e. The van der Waals surface area contributed by atoms with Crippen LogP contribution < -0.4 is 4.57 Å². The number of fused-ring (bicyclic) bond motifs is 1. The van der Waals surface area contributed by atoms with Gasteiger partial charge in [0.2, 0.25) is 5.69 Å². The van der Waals surface area contributed by atoms with E-state index in [-0.39, 0.29) is 12.2 Å². The average molecular weight is 395 g/mol. The van der Waals surface area contributed by atoms with E-state index in [1.54, 1.807) is 23.7 Å². The Morgan fingerprint density at radius 1 is 0.966 bits per heavy atom. The molecule has 1 atom stereocenters. The van der Waals surface area contributed by atoms with E-state index in [0.29, 0.717) is 23.3 Å². The lowest BCUT2D eigenvalue weighted by Crippen LogP contribution is -2.31. The Morgan fingerprint density at radius 3 is 2.28 bits per heavy atom. The maximum atomic E-state index is 8.75. The molecule has 154 valence electrons. The Balaban J connectivity index is 2.41. The van der Waals surface area contributed by atoms with Crippen molar-refractivity contribution in [3.05, 3.63) is 64.8 Å². The topological polar surface area (TPSA) is 3.88 Å². The summed E-state index contributed by atoms with van der Waals surface area (Å²) in [5.74, 6) is -0.566. The summed E-state index contributed by atoms with van der Waals surface area (Å²) in [5, 5.41) is 1.57. The van der Waals surface area contributed by atoms with Crippen LogP contribution in [-0.4, -0.2) is 0 Å². The number of hydrogen-bond acceptors (Lipinski definition) is 0. The molecule has 0 radical (unpaired) electrons. The molecule has 0 saturated heterocycles. The van der Waals surface area contributed by atoms with E-state index in [4.69, 9.17) is 8.22 Å². The second-order valence-corrected chi connectivity index (χ2v) is 9.05. The Kier molecular flexibility index (Phi) is 4.23. The van der Waals surface area contributed by atoms with Gasteiger partial charge in [-0.15, -0.1) is 0 Å². The van der Waals surface area contributed by atoms with Crippen LogP contribution in [0, 0.1) is 25.7 Å². The molecule has 0 spiro atoms. The Bertz CT molecular complexity index is 1260. The van der Waals surface area contributed by atoms with Crippen LogP contribution in [0.25, 0.3) is 22.0 Å². The molecule has 0 N–H and O–H groups in total. The first-order chi connectivity index (χ1) is 16.0. The molecular weight excluding hydrogens is 350 g/mol. The van der Waals surface area contributed by atoms with Gasteiger partial charge in [0.15, 0.2) is 6.17 Å². The Labute approximate surface area is 186 Å². The van der Waals surface area contributed by atoms with Crippen molar-refractivity contribution in [1.82, 2.24) is 0 Å². The summed E-state index contributed by atoms with van der Waals surface area (Å²) in [6.07, 6.45) is 0.0993. The molecule has 0 fully saturated rings. The highest BCUT2D eigenvalue weighted by Crippen LogP contribution is 2.36. The fourth-order valence-electron chi connectivity index (χ4n) is 4.65. The maximum absolute atomic E-state index is 8.75. The normalized spacial score (nSPS) is 17.6. The van der Waals surface area contributed by atoms with E-state index >= 15 is 0 Å². The van der Waals surface area contributed by atoms with Gasteiger partial charge in [0.25, 0.3) is 0 Å². The molecule has 0 saturated carbocycles. The number of aryl methyl sites for hydroxylation is 1. The van der Waals surface area contributed by atoms with Crippen molar-refractivity contribution in [1.29, 1.82) is 0 Å². The number of hydrogen-bond donors (Lipinski definition) is 0. The summed E-state index contributed by atoms with van der Waals surface area (Å²) in [6, 6.07) is 9.99. The van der Waals surface area contributed by atoms with Gasteiger partial charge in [0.1, 0.15) is 8.42 Å². The van der Waals surface area contributed by atoms with Crippen LogP contribution in [-0.2, 0) is 7.05 Å². The number of aromatic nitrogens is 1. The van der Waals surface area contributed by atoms with Gasteiger partial charge in [-0.05, 0) is 77.3 Å². The van der Waals surface area contributed by atoms with Gasteiger partial charge in [-0.25, -0.2) is 4.57 Å². The fraction of sp³-hybridized carbons (Fsp3) is 0.464. The predicted molar refractivity (Wildman–Crippen MR) is 127 cm³/mol. The second-order valence-electron chi connectivity index (χ2n) is 9.05. The second kappa shape index (κ2) is 8.30. The average Bonchev–Trinajstić information content (AvgIpc) is 2.73. The minimum Gasteiger partial charge on any atom is -0.200 e. The van der Waals surface area contributed by atoms with Crippen LogP contribution >= 0.6 is 0 Å². The zero-order valence-electron chi connectivity index (χ0n) is 25.1. The summed E-state index contributed by atoms with van der Waals surface area (Å²) in [6.45, 7) is 11.7. The van der Waals surface area contributed by atoms with Crippen LogP contribution in [0.2, 0.25) is 0 Å². The van der Waals surface area contributed by atoms with Crippen LogP contribution in [0.5, 0.6) is 0 Å². The highest BCUT2D eigenvalue weighted by atomic mass is 14.9. The molecule has 0 aliphatic heterocycles. The number of nitrogens with zero attached hydrogens (tertiary/aromatic N) is 1. The lowest BCUT2D eigenvalue weighted by atomic mass is 9.79. The first-order valence-corrected chi connectivity index (χ1v) is 10.6. The summed E-state index contributed by atoms with van der Waals surface area (Å²) >= 11 is 0. The van der Waals surface area contributed by atoms with Gasteiger partial charge in [0, 0.05) is 11.5 Å². The molecule has 3 rings (SSSR count). The van der Waals surface area contributed by atoms with Crippen LogP contribution in [0.15, 0.2) is 42.5 Å². The molecular formula is C28H38N+. The lowest BCUT2D eigenvalue weighted by Gasteiger charge is -2.25. The number of pyridine rings is 1. The monoisotopic (exact) mass is 394 g/mol. The summed E-state index contributed by atoms with van der Waals surface area (Å²) in [5.41, 5.74) is 5.00. The minimum atomic E-state index is -2.49. The molecule has 0 bridgehead atoms. The van der Waals surface area contributed by atoms with E-state index < -0.39 is 12.7 Å². The molecule has 1 heteroatoms. The molecule has 3 aromatic rings. The molecule has 1 aromatic heterocycles. The first kappa shape index (κ1) is 14.8. The molecule has 1 heterocycles. The van der Waals surface area contributed by atoms with Gasteiger partial charge >= 0.3 is 0 Å². The summed E-state index contributed by atoms with van der Waals surface area (Å²) in [7, 11) is 1.78. The zero-order chi connectivity index (χ0) is 26.6. The van der Waals surface area contributed by atoms with Crippen molar-refractivity contribution in [3.63, 3.8) is 0 Å². The SMILES string of the molecule is [2H]c1c([2H])[n+](C)c(-c2cc(C([2H])(C)C([2H])([2H])[2H])cc(C)c2C)c2ccc(C(C(C)C)C(C)C)cc12. The van der Waals surface area contributed by atoms with E-state index in [1.165, 1.54) is 6.92 Å². The van der Waals surface area contributed by atoms with E-state index in [1.807, 2.05) is 19.9 Å². The van der Waals surface area contributed by atoms with Crippen LogP contribution in [0.3, 0.4) is 0 Å². The standard InChI is InChI=1S/C28H38N/c1-17(2)24-14-20(7)21(8)26(16-24)28-25-11-10-23(27(18(3)4)19(5)6)15-22(25)12-13-29(28)9/h10-19,27H,1-9H3/q+1/i1D3,12D,13D,17D. The Morgan fingerprint density at radius 2 is 1.66 bits per heavy atom. The van der Waals surface area contributed by atoms with Crippen molar-refractivity contribution >= 4 is 10.8 Å². The number of rotatable bonds is 5. The molecule has 0 amide bonds. The molecule has 0 aliphatic carbocycles. The highest BCUT2D eigenvalue weighted by Gasteiger charge is 2.23. The largest absolute Gasteiger partial charge is 0.220 e. The quantitative estimate of drug-likeness (QED) is 0.395. The van der Waals surface area contributed by atoms with Gasteiger partial charge < -0.3 is 0 Å². The smallest absolute Gasteiger partial charge is 0.200 e. The Hall–Kier alpha value is -2.15. The summed E-state index contributed by atoms with van der Waals surface area (Å²) in [4.78, 5) is 0. The lowest BCUT2D eigenvalue weighted by molar-refractivity contribution is -0.659. The zero-order valence-corrected chi connectivity index (χ0v) is 19.1. The number of benzene rings is 2. The molecule has 1 nitrogen and oxygen atoms in total. The third-order valence-corrected chi connectivity index (χ3v) is 6.17. The third-order valence-electron chi connectivity index (χ3n) is 6.17. The predicted octanol–water partition coefficient (Wildman–Crippen LogP) is 7.47. The molecule has 29 heavy (non-hydrogen) atoms. The van der Waals surface area contributed by atoms with Crippen molar-refractivity contribution in [2.24, 2.45) is 18.9 Å². The first-order valence-electron chi connectivity index (χ1n) is 13.6.